The van der Waals surface area contributed by atoms with Crippen molar-refractivity contribution < 1.29 is 4.74 Å². The minimum Gasteiger partial charge on any atom is -0.478 e. The first-order valence-electron chi connectivity index (χ1n) is 3.70. The first-order valence-corrected chi connectivity index (χ1v) is 3.70. The first kappa shape index (κ1) is 6.04. The molecule has 10 heavy (non-hydrogen) atoms. The summed E-state index contributed by atoms with van der Waals surface area (Å²) >= 11 is 0. The third kappa shape index (κ3) is 0.865. The molecule has 0 amide bonds. The third-order valence-electron chi connectivity index (χ3n) is 1.83. The Morgan fingerprint density at radius 1 is 1.80 bits per heavy atom. The van der Waals surface area contributed by atoms with Crippen molar-refractivity contribution in [1.82, 2.24) is 10.4 Å². The van der Waals surface area contributed by atoms with Crippen LogP contribution in [0.3, 0.4) is 0 Å². The molecular formula is C7H12N2O. The van der Waals surface area contributed by atoms with Gasteiger partial charge in [-0.1, -0.05) is 6.92 Å². The van der Waals surface area contributed by atoms with Gasteiger partial charge in [0.2, 0.25) is 5.88 Å². The summed E-state index contributed by atoms with van der Waals surface area (Å²) < 4.78 is 5.44. The number of rotatable bonds is 0. The van der Waals surface area contributed by atoms with E-state index in [1.165, 1.54) is 0 Å². The fourth-order valence-electron chi connectivity index (χ4n) is 1.31. The number of nitrogens with one attached hydrogen (secondary N) is 1. The van der Waals surface area contributed by atoms with Gasteiger partial charge in [0, 0.05) is 19.0 Å². The van der Waals surface area contributed by atoms with Gasteiger partial charge >= 0.3 is 0 Å². The molecule has 2 aliphatic heterocycles. The fraction of sp³-hybridized carbons (Fsp3) is 0.714. The van der Waals surface area contributed by atoms with E-state index in [4.69, 9.17) is 4.74 Å². The zero-order chi connectivity index (χ0) is 6.97. The van der Waals surface area contributed by atoms with Crippen molar-refractivity contribution in [2.45, 2.75) is 6.92 Å². The number of hydrogen-bond acceptors (Lipinski definition) is 3. The molecule has 1 atom stereocenters. The number of hydrogen-bond donors (Lipinski definition) is 1. The minimum atomic E-state index is 0.641. The van der Waals surface area contributed by atoms with Gasteiger partial charge in [-0.15, -0.1) is 0 Å². The Balaban J connectivity index is 2.06. The minimum absolute atomic E-state index is 0.641. The van der Waals surface area contributed by atoms with Crippen molar-refractivity contribution in [3.05, 3.63) is 12.0 Å². The van der Waals surface area contributed by atoms with Gasteiger partial charge in [-0.2, -0.15) is 0 Å². The summed E-state index contributed by atoms with van der Waals surface area (Å²) in [7, 11) is 0. The Morgan fingerprint density at radius 3 is 3.60 bits per heavy atom. The summed E-state index contributed by atoms with van der Waals surface area (Å²) in [6.45, 7) is 5.05. The molecule has 0 aromatic rings. The molecule has 0 saturated carbocycles. The van der Waals surface area contributed by atoms with Crippen molar-refractivity contribution in [2.24, 2.45) is 5.92 Å². The second-order valence-electron chi connectivity index (χ2n) is 2.93. The molecule has 1 saturated heterocycles. The van der Waals surface area contributed by atoms with Crippen LogP contribution in [0.15, 0.2) is 12.0 Å². The summed E-state index contributed by atoms with van der Waals surface area (Å²) in [4.78, 5) is 0. The van der Waals surface area contributed by atoms with E-state index in [1.54, 1.807) is 0 Å². The Bertz CT molecular complexity index is 167. The molecule has 1 fully saturated rings. The lowest BCUT2D eigenvalue weighted by molar-refractivity contribution is 0.0176. The maximum absolute atomic E-state index is 5.44. The van der Waals surface area contributed by atoms with Gasteiger partial charge in [-0.05, 0) is 6.08 Å². The largest absolute Gasteiger partial charge is 0.478 e. The molecule has 2 aliphatic rings. The van der Waals surface area contributed by atoms with Crippen LogP contribution in [-0.2, 0) is 4.74 Å². The van der Waals surface area contributed by atoms with E-state index in [0.717, 1.165) is 25.6 Å². The summed E-state index contributed by atoms with van der Waals surface area (Å²) in [5.74, 6) is 1.65. The summed E-state index contributed by atoms with van der Waals surface area (Å²) in [5.41, 5.74) is 3.20. The lowest BCUT2D eigenvalue weighted by Crippen LogP contribution is -2.41. The van der Waals surface area contributed by atoms with Crippen LogP contribution in [0.25, 0.3) is 0 Å². The van der Waals surface area contributed by atoms with Gasteiger partial charge < -0.3 is 4.74 Å². The number of fused-ring (bicyclic) bond motifs is 1. The van der Waals surface area contributed by atoms with E-state index < -0.39 is 0 Å². The van der Waals surface area contributed by atoms with Crippen LogP contribution in [0.4, 0.5) is 0 Å². The Hall–Kier alpha value is -0.700. The van der Waals surface area contributed by atoms with Crippen molar-refractivity contribution in [2.75, 3.05) is 19.7 Å². The van der Waals surface area contributed by atoms with Crippen molar-refractivity contribution >= 4 is 0 Å². The van der Waals surface area contributed by atoms with Crippen molar-refractivity contribution in [3.63, 3.8) is 0 Å². The molecule has 56 valence electrons. The average molecular weight is 140 g/mol. The molecular weight excluding hydrogens is 128 g/mol. The molecule has 0 aromatic heterocycles. The van der Waals surface area contributed by atoms with E-state index in [1.807, 2.05) is 0 Å². The van der Waals surface area contributed by atoms with Crippen molar-refractivity contribution in [1.29, 1.82) is 0 Å². The van der Waals surface area contributed by atoms with Gasteiger partial charge in [0.05, 0.1) is 6.61 Å². The Morgan fingerprint density at radius 2 is 2.70 bits per heavy atom. The highest BCUT2D eigenvalue weighted by molar-refractivity contribution is 5.01. The van der Waals surface area contributed by atoms with Gasteiger partial charge in [0.1, 0.15) is 0 Å². The maximum Gasteiger partial charge on any atom is 0.201 e. The molecule has 0 bridgehead atoms. The molecule has 1 N–H and O–H groups in total. The van der Waals surface area contributed by atoms with Crippen LogP contribution in [0.5, 0.6) is 0 Å². The SMILES string of the molecule is C[C@@H]1COC2=CCNN2C1. The van der Waals surface area contributed by atoms with E-state index in [2.05, 4.69) is 23.4 Å². The molecule has 0 aliphatic carbocycles. The van der Waals surface area contributed by atoms with Gasteiger partial charge in [0.15, 0.2) is 0 Å². The zero-order valence-electron chi connectivity index (χ0n) is 6.13. The second-order valence-corrected chi connectivity index (χ2v) is 2.93. The quantitative estimate of drug-likeness (QED) is 0.524. The lowest BCUT2D eigenvalue weighted by atomic mass is 10.2. The highest BCUT2D eigenvalue weighted by atomic mass is 16.5. The van der Waals surface area contributed by atoms with E-state index in [0.29, 0.717) is 5.92 Å². The number of hydrazine groups is 1. The van der Waals surface area contributed by atoms with Gasteiger partial charge in [0.25, 0.3) is 0 Å². The molecule has 0 spiro atoms. The van der Waals surface area contributed by atoms with Crippen LogP contribution in [0.2, 0.25) is 0 Å². The normalized spacial score (nSPS) is 31.1. The van der Waals surface area contributed by atoms with E-state index >= 15 is 0 Å². The highest BCUT2D eigenvalue weighted by Crippen LogP contribution is 2.17. The smallest absolute Gasteiger partial charge is 0.201 e. The molecule has 0 aromatic carbocycles. The van der Waals surface area contributed by atoms with Crippen molar-refractivity contribution in [3.8, 4) is 0 Å². The number of ether oxygens (including phenoxy) is 1. The topological polar surface area (TPSA) is 24.5 Å². The maximum atomic E-state index is 5.44. The van der Waals surface area contributed by atoms with Crippen LogP contribution < -0.4 is 5.43 Å². The van der Waals surface area contributed by atoms with E-state index in [-0.39, 0.29) is 0 Å². The van der Waals surface area contributed by atoms with Gasteiger partial charge in [-0.25, -0.2) is 5.43 Å². The Kier molecular flexibility index (Phi) is 1.31. The van der Waals surface area contributed by atoms with Crippen LogP contribution in [0, 0.1) is 5.92 Å². The fourth-order valence-corrected chi connectivity index (χ4v) is 1.31. The third-order valence-corrected chi connectivity index (χ3v) is 1.83. The molecule has 0 unspecified atom stereocenters. The Labute approximate surface area is 60.6 Å². The number of nitrogens with zero attached hydrogens (tertiary/aromatic N) is 1. The molecule has 3 nitrogen and oxygen atoms in total. The summed E-state index contributed by atoms with van der Waals surface area (Å²) in [5, 5.41) is 2.08. The predicted octanol–water partition coefficient (Wildman–Crippen LogP) is 0.314. The molecule has 2 rings (SSSR count). The standard InChI is InChI=1S/C7H12N2O/c1-6-4-9-7(10-5-6)2-3-8-9/h2,6,8H,3-5H2,1H3/t6-/m0/s1. The summed E-state index contributed by atoms with van der Waals surface area (Å²) in [6.07, 6.45) is 2.08. The summed E-state index contributed by atoms with van der Waals surface area (Å²) in [6, 6.07) is 0. The first-order chi connectivity index (χ1) is 4.86. The lowest BCUT2D eigenvalue weighted by Gasteiger charge is -2.30. The molecule has 0 radical (unpaired) electrons. The average Bonchev–Trinajstić information content (AvgIpc) is 2.33. The van der Waals surface area contributed by atoms with Crippen LogP contribution in [0.1, 0.15) is 6.92 Å². The van der Waals surface area contributed by atoms with Gasteiger partial charge in [-0.3, -0.25) is 5.01 Å². The highest BCUT2D eigenvalue weighted by Gasteiger charge is 2.23. The second kappa shape index (κ2) is 2.16. The molecule has 3 heteroatoms. The van der Waals surface area contributed by atoms with Crippen LogP contribution in [-0.4, -0.2) is 24.7 Å². The van der Waals surface area contributed by atoms with Crippen LogP contribution >= 0.6 is 0 Å². The molecule has 2 heterocycles. The zero-order valence-corrected chi connectivity index (χ0v) is 6.13. The monoisotopic (exact) mass is 140 g/mol. The predicted molar refractivity (Wildman–Crippen MR) is 37.9 cm³/mol. The van der Waals surface area contributed by atoms with E-state index in [9.17, 15) is 0 Å².